The lowest BCUT2D eigenvalue weighted by molar-refractivity contribution is -0.135. The molecule has 0 N–H and O–H groups in total. The summed E-state index contributed by atoms with van der Waals surface area (Å²) in [5, 5.41) is 0. The van der Waals surface area contributed by atoms with Gasteiger partial charge in [-0.3, -0.25) is 9.69 Å². The minimum atomic E-state index is -0.763. The van der Waals surface area contributed by atoms with Crippen molar-refractivity contribution in [1.82, 2.24) is 9.80 Å². The fourth-order valence-electron chi connectivity index (χ4n) is 5.47. The van der Waals surface area contributed by atoms with Crippen LogP contribution in [-0.2, 0) is 11.3 Å². The first-order valence-electron chi connectivity index (χ1n) is 11.1. The van der Waals surface area contributed by atoms with Crippen molar-refractivity contribution >= 4 is 5.91 Å². The van der Waals surface area contributed by atoms with Crippen molar-refractivity contribution in [3.63, 3.8) is 0 Å². The van der Waals surface area contributed by atoms with Crippen molar-refractivity contribution in [1.29, 1.82) is 0 Å². The lowest BCUT2D eigenvalue weighted by Crippen LogP contribution is -2.38. The molecular weight excluding hydrogens is 358 g/mol. The van der Waals surface area contributed by atoms with Crippen LogP contribution in [0.2, 0.25) is 0 Å². The van der Waals surface area contributed by atoms with Gasteiger partial charge in [-0.2, -0.15) is 0 Å². The third-order valence-corrected chi connectivity index (χ3v) is 7.22. The van der Waals surface area contributed by atoms with Gasteiger partial charge in [-0.25, -0.2) is 8.78 Å². The second kappa shape index (κ2) is 8.89. The third kappa shape index (κ3) is 4.40. The molecule has 1 saturated carbocycles. The van der Waals surface area contributed by atoms with Gasteiger partial charge < -0.3 is 4.90 Å². The van der Waals surface area contributed by atoms with Crippen LogP contribution >= 0.6 is 0 Å². The number of carbonyl (C=O) groups excluding carboxylic acids is 1. The van der Waals surface area contributed by atoms with Crippen molar-refractivity contribution < 1.29 is 13.6 Å². The molecule has 1 atom stereocenters. The first kappa shape index (κ1) is 19.8. The second-order valence-electron chi connectivity index (χ2n) is 8.99. The Morgan fingerprint density at radius 1 is 0.929 bits per heavy atom. The molecule has 28 heavy (non-hydrogen) atoms. The zero-order valence-electron chi connectivity index (χ0n) is 16.7. The lowest BCUT2D eigenvalue weighted by Gasteiger charge is -2.35. The molecule has 2 aliphatic heterocycles. The van der Waals surface area contributed by atoms with Crippen LogP contribution in [0, 0.1) is 29.4 Å². The van der Waals surface area contributed by atoms with E-state index in [0.717, 1.165) is 58.3 Å². The second-order valence-corrected chi connectivity index (χ2v) is 8.99. The molecule has 154 valence electrons. The first-order chi connectivity index (χ1) is 13.6. The maximum Gasteiger partial charge on any atom is 0.225 e. The Bertz CT molecular complexity index is 681. The standard InChI is InChI=1S/C23H32F2N2O/c24-21-8-4-7-20(22(21)25)15-26-12-9-17(10-13-26)19-11-14-27(16-19)23(28)18-5-2-1-3-6-18/h4,7-8,17-19H,1-3,5-6,9-16H2/t19-/m0/s1. The number of carbonyl (C=O) groups is 1. The van der Waals surface area contributed by atoms with E-state index in [-0.39, 0.29) is 5.92 Å². The molecule has 2 saturated heterocycles. The van der Waals surface area contributed by atoms with E-state index in [9.17, 15) is 13.6 Å². The van der Waals surface area contributed by atoms with Gasteiger partial charge in [0.2, 0.25) is 5.91 Å². The van der Waals surface area contributed by atoms with E-state index in [1.54, 1.807) is 12.1 Å². The number of hydrogen-bond donors (Lipinski definition) is 0. The Morgan fingerprint density at radius 3 is 2.39 bits per heavy atom. The van der Waals surface area contributed by atoms with Gasteiger partial charge in [0, 0.05) is 31.1 Å². The normalized spacial score (nSPS) is 25.4. The van der Waals surface area contributed by atoms with Gasteiger partial charge >= 0.3 is 0 Å². The van der Waals surface area contributed by atoms with Crippen molar-refractivity contribution in [3.05, 3.63) is 35.4 Å². The van der Waals surface area contributed by atoms with Crippen LogP contribution in [-0.4, -0.2) is 41.9 Å². The zero-order chi connectivity index (χ0) is 19.5. The monoisotopic (exact) mass is 390 g/mol. The highest BCUT2D eigenvalue weighted by atomic mass is 19.2. The molecule has 1 aliphatic carbocycles. The zero-order valence-corrected chi connectivity index (χ0v) is 16.7. The predicted molar refractivity (Wildman–Crippen MR) is 106 cm³/mol. The molecule has 1 aromatic rings. The van der Waals surface area contributed by atoms with Gasteiger partial charge in [-0.05, 0) is 63.1 Å². The van der Waals surface area contributed by atoms with Gasteiger partial charge in [0.15, 0.2) is 11.6 Å². The average Bonchev–Trinajstić information content (AvgIpc) is 3.22. The topological polar surface area (TPSA) is 23.6 Å². The van der Waals surface area contributed by atoms with Gasteiger partial charge in [0.25, 0.3) is 0 Å². The van der Waals surface area contributed by atoms with Crippen LogP contribution in [0.3, 0.4) is 0 Å². The summed E-state index contributed by atoms with van der Waals surface area (Å²) in [6, 6.07) is 4.43. The Morgan fingerprint density at radius 2 is 1.64 bits per heavy atom. The summed E-state index contributed by atoms with van der Waals surface area (Å²) in [7, 11) is 0. The number of benzene rings is 1. The van der Waals surface area contributed by atoms with Gasteiger partial charge in [0.1, 0.15) is 0 Å². The molecule has 0 spiro atoms. The van der Waals surface area contributed by atoms with Crippen molar-refractivity contribution in [3.8, 4) is 0 Å². The molecule has 3 fully saturated rings. The van der Waals surface area contributed by atoms with Gasteiger partial charge in [0.05, 0.1) is 0 Å². The highest BCUT2D eigenvalue weighted by Gasteiger charge is 2.36. The van der Waals surface area contributed by atoms with Gasteiger partial charge in [-0.15, -0.1) is 0 Å². The summed E-state index contributed by atoms with van der Waals surface area (Å²) in [5.74, 6) is 0.466. The first-order valence-corrected chi connectivity index (χ1v) is 11.1. The van der Waals surface area contributed by atoms with Crippen molar-refractivity contribution in [2.24, 2.45) is 17.8 Å². The molecule has 5 heteroatoms. The van der Waals surface area contributed by atoms with Crippen molar-refractivity contribution in [2.75, 3.05) is 26.2 Å². The molecule has 2 heterocycles. The molecule has 0 aromatic heterocycles. The van der Waals surface area contributed by atoms with E-state index in [2.05, 4.69) is 9.80 Å². The number of nitrogens with zero attached hydrogens (tertiary/aromatic N) is 2. The van der Waals surface area contributed by atoms with Crippen LogP contribution in [0.4, 0.5) is 8.78 Å². The van der Waals surface area contributed by atoms with Crippen LogP contribution in [0.1, 0.15) is 56.9 Å². The van der Waals surface area contributed by atoms with E-state index in [4.69, 9.17) is 0 Å². The van der Waals surface area contributed by atoms with Crippen LogP contribution in [0.15, 0.2) is 18.2 Å². The molecule has 3 aliphatic rings. The fraction of sp³-hybridized carbons (Fsp3) is 0.696. The largest absolute Gasteiger partial charge is 0.342 e. The molecule has 4 rings (SSSR count). The van der Waals surface area contributed by atoms with Crippen LogP contribution < -0.4 is 0 Å². The number of amides is 1. The smallest absolute Gasteiger partial charge is 0.225 e. The van der Waals surface area contributed by atoms with E-state index < -0.39 is 11.6 Å². The summed E-state index contributed by atoms with van der Waals surface area (Å²) in [5.41, 5.74) is 0.448. The molecular formula is C23H32F2N2O. The maximum absolute atomic E-state index is 13.9. The Kier molecular flexibility index (Phi) is 6.29. The summed E-state index contributed by atoms with van der Waals surface area (Å²) in [4.78, 5) is 17.2. The van der Waals surface area contributed by atoms with Crippen LogP contribution in [0.5, 0.6) is 0 Å². The molecule has 0 unspecified atom stereocenters. The number of halogens is 2. The predicted octanol–water partition coefficient (Wildman–Crippen LogP) is 4.61. The fourth-order valence-corrected chi connectivity index (χ4v) is 5.47. The summed E-state index contributed by atoms with van der Waals surface area (Å²) < 4.78 is 27.3. The highest BCUT2D eigenvalue weighted by molar-refractivity contribution is 5.79. The Balaban J connectivity index is 1.25. The Hall–Kier alpha value is -1.49. The average molecular weight is 391 g/mol. The summed E-state index contributed by atoms with van der Waals surface area (Å²) in [6.45, 7) is 4.18. The van der Waals surface area contributed by atoms with Gasteiger partial charge in [-0.1, -0.05) is 31.4 Å². The summed E-state index contributed by atoms with van der Waals surface area (Å²) >= 11 is 0. The SMILES string of the molecule is O=C(C1CCCCC1)N1CC[C@H](C2CCN(Cc3cccc(F)c3F)CC2)C1. The lowest BCUT2D eigenvalue weighted by atomic mass is 9.83. The summed E-state index contributed by atoms with van der Waals surface area (Å²) in [6.07, 6.45) is 9.16. The molecule has 3 nitrogen and oxygen atoms in total. The van der Waals surface area contributed by atoms with E-state index in [0.29, 0.717) is 29.9 Å². The van der Waals surface area contributed by atoms with Crippen LogP contribution in [0.25, 0.3) is 0 Å². The minimum absolute atomic E-state index is 0.274. The minimum Gasteiger partial charge on any atom is -0.342 e. The number of likely N-dealkylation sites (tertiary alicyclic amines) is 2. The molecule has 1 amide bonds. The quantitative estimate of drug-likeness (QED) is 0.750. The molecule has 0 bridgehead atoms. The van der Waals surface area contributed by atoms with Crippen molar-refractivity contribution in [2.45, 2.75) is 57.9 Å². The number of hydrogen-bond acceptors (Lipinski definition) is 2. The number of rotatable bonds is 4. The molecule has 0 radical (unpaired) electrons. The maximum atomic E-state index is 13.9. The van der Waals surface area contributed by atoms with E-state index in [1.165, 1.54) is 25.3 Å². The highest BCUT2D eigenvalue weighted by Crippen LogP contribution is 2.34. The number of piperidine rings is 1. The van der Waals surface area contributed by atoms with E-state index in [1.807, 2.05) is 0 Å². The molecule has 1 aromatic carbocycles. The third-order valence-electron chi connectivity index (χ3n) is 7.22. The van der Waals surface area contributed by atoms with E-state index >= 15 is 0 Å². The Labute approximate surface area is 167 Å².